The van der Waals surface area contributed by atoms with E-state index < -0.39 is 5.97 Å². The van der Waals surface area contributed by atoms with Crippen molar-refractivity contribution in [2.75, 3.05) is 6.54 Å². The van der Waals surface area contributed by atoms with Crippen molar-refractivity contribution in [1.82, 2.24) is 5.32 Å². The number of unbranched alkanes of at least 4 members (excludes halogenated alkanes) is 1. The Morgan fingerprint density at radius 1 is 1.24 bits per heavy atom. The SMILES string of the molecule is Cc1ccccc1OC(C)CNC(=O)CCCCC(=O)O. The van der Waals surface area contributed by atoms with Gasteiger partial charge in [0.1, 0.15) is 11.9 Å². The van der Waals surface area contributed by atoms with Crippen LogP contribution in [0.5, 0.6) is 5.75 Å². The lowest BCUT2D eigenvalue weighted by Crippen LogP contribution is -2.33. The van der Waals surface area contributed by atoms with Crippen LogP contribution in [0.15, 0.2) is 24.3 Å². The standard InChI is InChI=1S/C16H23NO4/c1-12-7-3-4-8-14(12)21-13(2)11-17-15(18)9-5-6-10-16(19)20/h3-4,7-8,13H,5-6,9-11H2,1-2H3,(H,17,18)(H,19,20). The van der Waals surface area contributed by atoms with Crippen LogP contribution in [-0.2, 0) is 9.59 Å². The Balaban J connectivity index is 2.20. The lowest BCUT2D eigenvalue weighted by Gasteiger charge is -2.17. The predicted octanol–water partition coefficient (Wildman–Crippen LogP) is 2.52. The Bertz CT molecular complexity index is 473. The van der Waals surface area contributed by atoms with Crippen molar-refractivity contribution in [1.29, 1.82) is 0 Å². The number of para-hydroxylation sites is 1. The van der Waals surface area contributed by atoms with Gasteiger partial charge in [0, 0.05) is 12.8 Å². The molecule has 1 rings (SSSR count). The van der Waals surface area contributed by atoms with Gasteiger partial charge >= 0.3 is 5.97 Å². The zero-order valence-corrected chi connectivity index (χ0v) is 12.6. The topological polar surface area (TPSA) is 75.6 Å². The minimum atomic E-state index is -0.823. The summed E-state index contributed by atoms with van der Waals surface area (Å²) in [6.45, 7) is 4.31. The third-order valence-corrected chi connectivity index (χ3v) is 3.05. The molecular weight excluding hydrogens is 270 g/mol. The fraction of sp³-hybridized carbons (Fsp3) is 0.500. The van der Waals surface area contributed by atoms with Gasteiger partial charge in [-0.05, 0) is 38.3 Å². The second-order valence-corrected chi connectivity index (χ2v) is 5.10. The molecule has 0 saturated heterocycles. The summed E-state index contributed by atoms with van der Waals surface area (Å²) in [4.78, 5) is 21.9. The second kappa shape index (κ2) is 9.00. The van der Waals surface area contributed by atoms with E-state index >= 15 is 0 Å². The lowest BCUT2D eigenvalue weighted by molar-refractivity contribution is -0.137. The monoisotopic (exact) mass is 293 g/mol. The number of carboxylic acids is 1. The highest BCUT2D eigenvalue weighted by Crippen LogP contribution is 2.17. The van der Waals surface area contributed by atoms with Crippen molar-refractivity contribution in [2.45, 2.75) is 45.6 Å². The molecule has 0 aliphatic carbocycles. The van der Waals surface area contributed by atoms with E-state index in [2.05, 4.69) is 5.32 Å². The van der Waals surface area contributed by atoms with Gasteiger partial charge in [-0.25, -0.2) is 0 Å². The molecule has 0 aliphatic rings. The highest BCUT2D eigenvalue weighted by Gasteiger charge is 2.08. The van der Waals surface area contributed by atoms with Gasteiger partial charge in [-0.3, -0.25) is 9.59 Å². The molecule has 0 fully saturated rings. The lowest BCUT2D eigenvalue weighted by atomic mass is 10.2. The van der Waals surface area contributed by atoms with Crippen molar-refractivity contribution >= 4 is 11.9 Å². The number of aliphatic carboxylic acids is 1. The maximum atomic E-state index is 11.6. The van der Waals surface area contributed by atoms with Gasteiger partial charge in [0.25, 0.3) is 0 Å². The fourth-order valence-electron chi connectivity index (χ4n) is 1.85. The fourth-order valence-corrected chi connectivity index (χ4v) is 1.85. The summed E-state index contributed by atoms with van der Waals surface area (Å²) < 4.78 is 5.76. The maximum Gasteiger partial charge on any atom is 0.303 e. The number of carboxylic acid groups (broad SMARTS) is 1. The van der Waals surface area contributed by atoms with Crippen molar-refractivity contribution in [3.05, 3.63) is 29.8 Å². The Kier molecular flexibility index (Phi) is 7.29. The smallest absolute Gasteiger partial charge is 0.303 e. The molecule has 21 heavy (non-hydrogen) atoms. The van der Waals surface area contributed by atoms with Gasteiger partial charge in [-0.15, -0.1) is 0 Å². The molecule has 1 aromatic carbocycles. The summed E-state index contributed by atoms with van der Waals surface area (Å²) >= 11 is 0. The Morgan fingerprint density at radius 3 is 2.57 bits per heavy atom. The average molecular weight is 293 g/mol. The minimum Gasteiger partial charge on any atom is -0.489 e. The minimum absolute atomic E-state index is 0.0689. The average Bonchev–Trinajstić information content (AvgIpc) is 2.44. The first kappa shape index (κ1) is 17.0. The van der Waals surface area contributed by atoms with Crippen LogP contribution < -0.4 is 10.1 Å². The van der Waals surface area contributed by atoms with E-state index in [0.717, 1.165) is 11.3 Å². The van der Waals surface area contributed by atoms with E-state index in [0.29, 0.717) is 25.8 Å². The van der Waals surface area contributed by atoms with Gasteiger partial charge in [0.05, 0.1) is 6.54 Å². The summed E-state index contributed by atoms with van der Waals surface area (Å²) in [7, 11) is 0. The maximum absolute atomic E-state index is 11.6. The Hall–Kier alpha value is -2.04. The molecule has 1 atom stereocenters. The molecule has 5 heteroatoms. The van der Waals surface area contributed by atoms with E-state index in [4.69, 9.17) is 9.84 Å². The van der Waals surface area contributed by atoms with E-state index in [1.165, 1.54) is 0 Å². The first-order chi connectivity index (χ1) is 9.99. The van der Waals surface area contributed by atoms with Crippen molar-refractivity contribution < 1.29 is 19.4 Å². The molecule has 116 valence electrons. The molecule has 0 spiro atoms. The summed E-state index contributed by atoms with van der Waals surface area (Å²) in [5.74, 6) is -0.0722. The van der Waals surface area contributed by atoms with Gasteiger partial charge in [0.15, 0.2) is 0 Å². The molecule has 1 aromatic rings. The molecule has 0 saturated carbocycles. The number of benzene rings is 1. The van der Waals surface area contributed by atoms with Crippen LogP contribution >= 0.6 is 0 Å². The second-order valence-electron chi connectivity index (χ2n) is 5.10. The number of amides is 1. The van der Waals surface area contributed by atoms with Crippen LogP contribution in [-0.4, -0.2) is 29.6 Å². The highest BCUT2D eigenvalue weighted by molar-refractivity contribution is 5.75. The van der Waals surface area contributed by atoms with E-state index in [1.807, 2.05) is 38.1 Å². The molecule has 0 radical (unpaired) electrons. The van der Waals surface area contributed by atoms with Gasteiger partial charge in [-0.2, -0.15) is 0 Å². The van der Waals surface area contributed by atoms with E-state index in [-0.39, 0.29) is 18.4 Å². The summed E-state index contributed by atoms with van der Waals surface area (Å²) in [5, 5.41) is 11.3. The molecule has 0 bridgehead atoms. The van der Waals surface area contributed by atoms with Crippen LogP contribution in [0, 0.1) is 6.92 Å². The number of carbonyl (C=O) groups is 2. The van der Waals surface area contributed by atoms with Crippen LogP contribution in [0.1, 0.15) is 38.2 Å². The molecular formula is C16H23NO4. The number of hydrogen-bond acceptors (Lipinski definition) is 3. The first-order valence-electron chi connectivity index (χ1n) is 7.20. The molecule has 0 aliphatic heterocycles. The van der Waals surface area contributed by atoms with E-state index in [1.54, 1.807) is 0 Å². The normalized spacial score (nSPS) is 11.7. The van der Waals surface area contributed by atoms with Crippen LogP contribution in [0.4, 0.5) is 0 Å². The van der Waals surface area contributed by atoms with Crippen molar-refractivity contribution in [3.63, 3.8) is 0 Å². The summed E-state index contributed by atoms with van der Waals surface area (Å²) in [5.41, 5.74) is 1.06. The molecule has 1 amide bonds. The number of rotatable bonds is 9. The van der Waals surface area contributed by atoms with Crippen LogP contribution in [0.3, 0.4) is 0 Å². The zero-order valence-electron chi connectivity index (χ0n) is 12.6. The number of carbonyl (C=O) groups excluding carboxylic acids is 1. The third kappa shape index (κ3) is 7.34. The quantitative estimate of drug-likeness (QED) is 0.686. The summed E-state index contributed by atoms with van der Waals surface area (Å²) in [6.07, 6.45) is 1.46. The molecule has 2 N–H and O–H groups in total. The van der Waals surface area contributed by atoms with Gasteiger partial charge < -0.3 is 15.2 Å². The van der Waals surface area contributed by atoms with Gasteiger partial charge in [0.2, 0.25) is 5.91 Å². The van der Waals surface area contributed by atoms with E-state index in [9.17, 15) is 9.59 Å². The highest BCUT2D eigenvalue weighted by atomic mass is 16.5. The largest absolute Gasteiger partial charge is 0.489 e. The van der Waals surface area contributed by atoms with Crippen molar-refractivity contribution in [2.24, 2.45) is 0 Å². The molecule has 0 aromatic heterocycles. The Morgan fingerprint density at radius 2 is 1.90 bits per heavy atom. The number of hydrogen-bond donors (Lipinski definition) is 2. The molecule has 5 nitrogen and oxygen atoms in total. The number of aryl methyl sites for hydroxylation is 1. The summed E-state index contributed by atoms with van der Waals surface area (Å²) in [6, 6.07) is 7.74. The number of ether oxygens (including phenoxy) is 1. The molecule has 1 unspecified atom stereocenters. The Labute approximate surface area is 125 Å². The predicted molar refractivity (Wildman–Crippen MR) is 80.4 cm³/mol. The third-order valence-electron chi connectivity index (χ3n) is 3.05. The zero-order chi connectivity index (χ0) is 15.7. The van der Waals surface area contributed by atoms with Gasteiger partial charge in [-0.1, -0.05) is 18.2 Å². The number of nitrogens with one attached hydrogen (secondary N) is 1. The van der Waals surface area contributed by atoms with Crippen LogP contribution in [0.25, 0.3) is 0 Å². The first-order valence-corrected chi connectivity index (χ1v) is 7.20. The molecule has 0 heterocycles. The van der Waals surface area contributed by atoms with Crippen LogP contribution in [0.2, 0.25) is 0 Å². The van der Waals surface area contributed by atoms with Crippen molar-refractivity contribution in [3.8, 4) is 5.75 Å².